The summed E-state index contributed by atoms with van der Waals surface area (Å²) in [6, 6.07) is 0. The second-order valence-corrected chi connectivity index (χ2v) is 3.78. The predicted molar refractivity (Wildman–Crippen MR) is 45.3 cm³/mol. The van der Waals surface area contributed by atoms with Crippen LogP contribution in [-0.4, -0.2) is 23.4 Å². The van der Waals surface area contributed by atoms with Gasteiger partial charge in [-0.15, -0.1) is 0 Å². The molecule has 0 aromatic heterocycles. The summed E-state index contributed by atoms with van der Waals surface area (Å²) in [5.74, 6) is 0.189. The zero-order valence-corrected chi connectivity index (χ0v) is 7.68. The molecule has 0 atom stereocenters. The van der Waals surface area contributed by atoms with Gasteiger partial charge in [0.2, 0.25) is 5.91 Å². The van der Waals surface area contributed by atoms with Crippen molar-refractivity contribution in [3.8, 4) is 0 Å². The third-order valence-electron chi connectivity index (χ3n) is 2.96. The molecule has 0 saturated heterocycles. The molecule has 1 fully saturated rings. The number of hydrogen-bond acceptors (Lipinski definition) is 1. The first-order valence-electron chi connectivity index (χ1n) is 4.31. The zero-order chi connectivity index (χ0) is 8.48. The van der Waals surface area contributed by atoms with Gasteiger partial charge in [0.05, 0.1) is 0 Å². The molecule has 0 unspecified atom stereocenters. The summed E-state index contributed by atoms with van der Waals surface area (Å²) in [7, 11) is 1.91. The minimum Gasteiger partial charge on any atom is -0.341 e. The lowest BCUT2D eigenvalue weighted by Gasteiger charge is -2.34. The topological polar surface area (TPSA) is 20.3 Å². The van der Waals surface area contributed by atoms with Crippen LogP contribution in [0.3, 0.4) is 0 Å². The van der Waals surface area contributed by atoms with E-state index in [0.29, 0.717) is 0 Å². The number of rotatable bonds is 1. The Bertz CT molecular complexity index is 159. The average molecular weight is 155 g/mol. The summed E-state index contributed by atoms with van der Waals surface area (Å²) in [6.45, 7) is 3.82. The molecule has 0 heterocycles. The molecule has 1 aliphatic rings. The standard InChI is InChI=1S/C9H17NO/c1-8(11)10(3)9(2)6-4-5-7-9/h4-7H2,1-3H3. The summed E-state index contributed by atoms with van der Waals surface area (Å²) in [6.07, 6.45) is 4.88. The molecule has 0 aromatic rings. The summed E-state index contributed by atoms with van der Waals surface area (Å²) in [5, 5.41) is 0. The Morgan fingerprint density at radius 2 is 1.82 bits per heavy atom. The maximum atomic E-state index is 11.1. The molecular weight excluding hydrogens is 138 g/mol. The van der Waals surface area contributed by atoms with Gasteiger partial charge in [0, 0.05) is 19.5 Å². The highest BCUT2D eigenvalue weighted by Gasteiger charge is 2.33. The summed E-state index contributed by atoms with van der Waals surface area (Å²) < 4.78 is 0. The van der Waals surface area contributed by atoms with Gasteiger partial charge in [0.15, 0.2) is 0 Å². The van der Waals surface area contributed by atoms with Gasteiger partial charge < -0.3 is 4.90 Å². The summed E-state index contributed by atoms with van der Waals surface area (Å²) in [5.41, 5.74) is 0.159. The molecule has 1 aliphatic carbocycles. The van der Waals surface area contributed by atoms with E-state index in [1.54, 1.807) is 6.92 Å². The number of carbonyl (C=O) groups is 1. The molecule has 0 spiro atoms. The fraction of sp³-hybridized carbons (Fsp3) is 0.889. The molecule has 0 bridgehead atoms. The van der Waals surface area contributed by atoms with Crippen LogP contribution in [-0.2, 0) is 4.79 Å². The van der Waals surface area contributed by atoms with Gasteiger partial charge in [-0.3, -0.25) is 4.79 Å². The van der Waals surface area contributed by atoms with Crippen LogP contribution < -0.4 is 0 Å². The van der Waals surface area contributed by atoms with E-state index in [4.69, 9.17) is 0 Å². The van der Waals surface area contributed by atoms with Crippen LogP contribution in [0.25, 0.3) is 0 Å². The van der Waals surface area contributed by atoms with Crippen molar-refractivity contribution in [2.45, 2.75) is 45.1 Å². The highest BCUT2D eigenvalue weighted by Crippen LogP contribution is 2.33. The van der Waals surface area contributed by atoms with E-state index in [-0.39, 0.29) is 11.4 Å². The minimum atomic E-state index is 0.159. The van der Waals surface area contributed by atoms with Gasteiger partial charge in [-0.25, -0.2) is 0 Å². The molecule has 0 radical (unpaired) electrons. The lowest BCUT2D eigenvalue weighted by atomic mass is 9.99. The summed E-state index contributed by atoms with van der Waals surface area (Å²) in [4.78, 5) is 13.0. The number of carbonyl (C=O) groups excluding carboxylic acids is 1. The normalized spacial score (nSPS) is 21.7. The van der Waals surface area contributed by atoms with Gasteiger partial charge in [-0.1, -0.05) is 12.8 Å². The Morgan fingerprint density at radius 1 is 1.36 bits per heavy atom. The van der Waals surface area contributed by atoms with Crippen molar-refractivity contribution in [1.29, 1.82) is 0 Å². The second kappa shape index (κ2) is 2.84. The fourth-order valence-corrected chi connectivity index (χ4v) is 1.85. The number of hydrogen-bond donors (Lipinski definition) is 0. The van der Waals surface area contributed by atoms with Gasteiger partial charge in [0.1, 0.15) is 0 Å². The Kier molecular flexibility index (Phi) is 2.21. The van der Waals surface area contributed by atoms with Crippen molar-refractivity contribution >= 4 is 5.91 Å². The molecule has 0 aliphatic heterocycles. The Morgan fingerprint density at radius 3 is 2.18 bits per heavy atom. The molecule has 1 saturated carbocycles. The molecule has 64 valence electrons. The molecule has 11 heavy (non-hydrogen) atoms. The number of nitrogens with zero attached hydrogens (tertiary/aromatic N) is 1. The number of amides is 1. The van der Waals surface area contributed by atoms with Crippen LogP contribution in [0.4, 0.5) is 0 Å². The first-order chi connectivity index (χ1) is 5.06. The fourth-order valence-electron chi connectivity index (χ4n) is 1.85. The van der Waals surface area contributed by atoms with Crippen molar-refractivity contribution in [3.05, 3.63) is 0 Å². The van der Waals surface area contributed by atoms with E-state index in [1.807, 2.05) is 11.9 Å². The molecule has 2 nitrogen and oxygen atoms in total. The van der Waals surface area contributed by atoms with E-state index in [9.17, 15) is 4.79 Å². The van der Waals surface area contributed by atoms with E-state index in [1.165, 1.54) is 25.7 Å². The van der Waals surface area contributed by atoms with Crippen LogP contribution in [0.15, 0.2) is 0 Å². The third-order valence-corrected chi connectivity index (χ3v) is 2.96. The molecule has 0 N–H and O–H groups in total. The highest BCUT2D eigenvalue weighted by molar-refractivity contribution is 5.73. The van der Waals surface area contributed by atoms with Crippen molar-refractivity contribution < 1.29 is 4.79 Å². The molecular formula is C9H17NO. The van der Waals surface area contributed by atoms with Crippen molar-refractivity contribution in [2.75, 3.05) is 7.05 Å². The van der Waals surface area contributed by atoms with Crippen molar-refractivity contribution in [2.24, 2.45) is 0 Å². The van der Waals surface area contributed by atoms with E-state index in [0.717, 1.165) is 0 Å². The Balaban J connectivity index is 2.63. The zero-order valence-electron chi connectivity index (χ0n) is 7.68. The maximum absolute atomic E-state index is 11.1. The summed E-state index contributed by atoms with van der Waals surface area (Å²) >= 11 is 0. The molecule has 0 aromatic carbocycles. The predicted octanol–water partition coefficient (Wildman–Crippen LogP) is 1.80. The smallest absolute Gasteiger partial charge is 0.219 e. The molecule has 1 rings (SSSR count). The molecule has 2 heteroatoms. The van der Waals surface area contributed by atoms with Crippen molar-refractivity contribution in [1.82, 2.24) is 4.90 Å². The Labute approximate surface area is 68.6 Å². The van der Waals surface area contributed by atoms with Gasteiger partial charge in [-0.2, -0.15) is 0 Å². The van der Waals surface area contributed by atoms with E-state index < -0.39 is 0 Å². The quantitative estimate of drug-likeness (QED) is 0.565. The van der Waals surface area contributed by atoms with Crippen LogP contribution in [0.2, 0.25) is 0 Å². The lowest BCUT2D eigenvalue weighted by molar-refractivity contribution is -0.132. The van der Waals surface area contributed by atoms with Gasteiger partial charge >= 0.3 is 0 Å². The van der Waals surface area contributed by atoms with E-state index in [2.05, 4.69) is 6.92 Å². The van der Waals surface area contributed by atoms with E-state index >= 15 is 0 Å². The largest absolute Gasteiger partial charge is 0.341 e. The highest BCUT2D eigenvalue weighted by atomic mass is 16.2. The Hall–Kier alpha value is -0.530. The SMILES string of the molecule is CC(=O)N(C)C1(C)CCCC1. The van der Waals surface area contributed by atoms with Crippen LogP contribution in [0.5, 0.6) is 0 Å². The van der Waals surface area contributed by atoms with Gasteiger partial charge in [0.25, 0.3) is 0 Å². The maximum Gasteiger partial charge on any atom is 0.219 e. The first-order valence-corrected chi connectivity index (χ1v) is 4.31. The average Bonchev–Trinajstić information content (AvgIpc) is 2.35. The van der Waals surface area contributed by atoms with Crippen molar-refractivity contribution in [3.63, 3.8) is 0 Å². The van der Waals surface area contributed by atoms with Crippen LogP contribution in [0, 0.1) is 0 Å². The van der Waals surface area contributed by atoms with Crippen LogP contribution in [0.1, 0.15) is 39.5 Å². The third kappa shape index (κ3) is 1.55. The monoisotopic (exact) mass is 155 g/mol. The first kappa shape index (κ1) is 8.57. The lowest BCUT2D eigenvalue weighted by Crippen LogP contribution is -2.44. The minimum absolute atomic E-state index is 0.159. The van der Waals surface area contributed by atoms with Gasteiger partial charge in [-0.05, 0) is 19.8 Å². The van der Waals surface area contributed by atoms with Crippen LogP contribution >= 0.6 is 0 Å². The molecule has 1 amide bonds. The second-order valence-electron chi connectivity index (χ2n) is 3.78.